The van der Waals surface area contributed by atoms with Gasteiger partial charge in [-0.2, -0.15) is 0 Å². The number of aromatic amines is 1. The number of halogens is 1. The summed E-state index contributed by atoms with van der Waals surface area (Å²) >= 11 is 3.35. The number of hydrogen-bond acceptors (Lipinski definition) is 4. The molecule has 2 amide bonds. The van der Waals surface area contributed by atoms with E-state index in [1.807, 2.05) is 11.8 Å². The number of H-pyrrole nitrogens is 1. The van der Waals surface area contributed by atoms with Gasteiger partial charge in [0.2, 0.25) is 5.91 Å². The van der Waals surface area contributed by atoms with Crippen molar-refractivity contribution < 1.29 is 14.3 Å². The summed E-state index contributed by atoms with van der Waals surface area (Å²) in [7, 11) is 1.30. The summed E-state index contributed by atoms with van der Waals surface area (Å²) in [4.78, 5) is 33.7. The molecule has 1 aromatic rings. The Kier molecular flexibility index (Phi) is 4.12. The monoisotopic (exact) mass is 370 g/mol. The zero-order valence-corrected chi connectivity index (χ0v) is 14.1. The highest BCUT2D eigenvalue weighted by Gasteiger charge is 2.48. The van der Waals surface area contributed by atoms with Crippen molar-refractivity contribution in [3.63, 3.8) is 0 Å². The van der Waals surface area contributed by atoms with Crippen LogP contribution in [0.3, 0.4) is 0 Å². The fourth-order valence-electron chi connectivity index (χ4n) is 3.56. The number of alkyl carbamates (subject to hydrolysis) is 1. The number of amides is 2. The Balaban J connectivity index is 1.83. The molecule has 1 aromatic heterocycles. The average molecular weight is 371 g/mol. The first-order valence-electron chi connectivity index (χ1n) is 7.38. The van der Waals surface area contributed by atoms with Crippen molar-refractivity contribution in [2.45, 2.75) is 44.3 Å². The second-order valence-corrected chi connectivity index (χ2v) is 6.79. The molecule has 120 valence electrons. The van der Waals surface area contributed by atoms with E-state index in [0.717, 1.165) is 29.7 Å². The van der Waals surface area contributed by atoms with Crippen LogP contribution in [-0.2, 0) is 9.53 Å². The van der Waals surface area contributed by atoms with E-state index in [1.165, 1.54) is 7.11 Å². The van der Waals surface area contributed by atoms with Gasteiger partial charge in [-0.25, -0.2) is 9.78 Å². The lowest BCUT2D eigenvalue weighted by molar-refractivity contribution is -0.142. The van der Waals surface area contributed by atoms with Gasteiger partial charge in [0, 0.05) is 6.04 Å². The number of ether oxygens (including phenoxy) is 1. The van der Waals surface area contributed by atoms with Crippen LogP contribution < -0.4 is 5.32 Å². The predicted octanol–water partition coefficient (Wildman–Crippen LogP) is 1.97. The molecule has 8 heteroatoms. The molecule has 0 aromatic carbocycles. The molecular weight excluding hydrogens is 352 g/mol. The number of aromatic nitrogens is 2. The van der Waals surface area contributed by atoms with Crippen LogP contribution in [-0.4, -0.2) is 46.1 Å². The van der Waals surface area contributed by atoms with Gasteiger partial charge in [0.05, 0.1) is 19.3 Å². The number of carbonyl (C=O) groups excluding carboxylic acids is 2. The van der Waals surface area contributed by atoms with Crippen LogP contribution in [0.25, 0.3) is 0 Å². The number of nitrogens with zero attached hydrogens (tertiary/aromatic N) is 2. The van der Waals surface area contributed by atoms with Crippen molar-refractivity contribution in [2.24, 2.45) is 5.92 Å². The molecule has 3 rings (SSSR count). The second kappa shape index (κ2) is 5.91. The number of imidazole rings is 1. The SMILES string of the molecule is COC(=O)N[C@@H]1C(=O)N2[C@H](CC[C@H]2c2ncc(Br)[nH]2)CC1C. The molecule has 0 radical (unpaired) electrons. The summed E-state index contributed by atoms with van der Waals surface area (Å²) in [5.74, 6) is 0.827. The second-order valence-electron chi connectivity index (χ2n) is 5.94. The van der Waals surface area contributed by atoms with Crippen molar-refractivity contribution in [2.75, 3.05) is 7.11 Å². The normalized spacial score (nSPS) is 31.0. The number of carbonyl (C=O) groups is 2. The zero-order valence-electron chi connectivity index (χ0n) is 12.5. The van der Waals surface area contributed by atoms with Crippen LogP contribution in [0.15, 0.2) is 10.8 Å². The Bertz CT molecular complexity index is 590. The van der Waals surface area contributed by atoms with Crippen molar-refractivity contribution in [3.8, 4) is 0 Å². The van der Waals surface area contributed by atoms with Crippen molar-refractivity contribution >= 4 is 27.9 Å². The Morgan fingerprint density at radius 3 is 2.95 bits per heavy atom. The number of fused-ring (bicyclic) bond motifs is 1. The van der Waals surface area contributed by atoms with Crippen LogP contribution >= 0.6 is 15.9 Å². The Morgan fingerprint density at radius 1 is 1.55 bits per heavy atom. The lowest BCUT2D eigenvalue weighted by atomic mass is 9.88. The number of methoxy groups -OCH3 is 1. The molecule has 2 fully saturated rings. The molecule has 0 aliphatic carbocycles. The highest BCUT2D eigenvalue weighted by Crippen LogP contribution is 2.41. The lowest BCUT2D eigenvalue weighted by Gasteiger charge is -2.41. The third kappa shape index (κ3) is 2.60. The van der Waals surface area contributed by atoms with Crippen LogP contribution in [0.4, 0.5) is 4.79 Å². The maximum atomic E-state index is 12.9. The first-order valence-corrected chi connectivity index (χ1v) is 8.17. The van der Waals surface area contributed by atoms with Crippen LogP contribution in [0, 0.1) is 5.92 Å². The minimum Gasteiger partial charge on any atom is -0.453 e. The van der Waals surface area contributed by atoms with Crippen molar-refractivity contribution in [1.82, 2.24) is 20.2 Å². The molecule has 2 N–H and O–H groups in total. The molecule has 7 nitrogen and oxygen atoms in total. The van der Waals surface area contributed by atoms with Gasteiger partial charge in [-0.15, -0.1) is 0 Å². The van der Waals surface area contributed by atoms with E-state index in [0.29, 0.717) is 0 Å². The summed E-state index contributed by atoms with van der Waals surface area (Å²) in [5, 5.41) is 2.67. The standard InChI is InChI=1S/C14H19BrN4O3/c1-7-5-8-3-4-9(12-16-6-10(15)17-12)19(8)13(20)11(7)18-14(21)22-2/h6-9,11H,3-5H2,1-2H3,(H,16,17)(H,18,21)/t7?,8-,9+,11+/m1/s1. The van der Waals surface area contributed by atoms with Gasteiger partial charge in [-0.1, -0.05) is 6.92 Å². The number of piperidine rings is 1. The van der Waals surface area contributed by atoms with E-state index in [-0.39, 0.29) is 23.9 Å². The van der Waals surface area contributed by atoms with Gasteiger partial charge in [-0.3, -0.25) is 4.79 Å². The van der Waals surface area contributed by atoms with E-state index in [1.54, 1.807) is 6.20 Å². The largest absolute Gasteiger partial charge is 0.453 e. The Morgan fingerprint density at radius 2 is 2.32 bits per heavy atom. The fourth-order valence-corrected chi connectivity index (χ4v) is 3.86. The minimum atomic E-state index is -0.569. The smallest absolute Gasteiger partial charge is 0.407 e. The molecule has 3 heterocycles. The molecule has 2 saturated heterocycles. The van der Waals surface area contributed by atoms with Crippen molar-refractivity contribution in [3.05, 3.63) is 16.6 Å². The first kappa shape index (κ1) is 15.3. The molecule has 0 saturated carbocycles. The van der Waals surface area contributed by atoms with E-state index in [4.69, 9.17) is 0 Å². The van der Waals surface area contributed by atoms with E-state index in [9.17, 15) is 9.59 Å². The maximum Gasteiger partial charge on any atom is 0.407 e. The zero-order chi connectivity index (χ0) is 15.9. The maximum absolute atomic E-state index is 12.9. The molecular formula is C14H19BrN4O3. The summed E-state index contributed by atoms with van der Waals surface area (Å²) < 4.78 is 5.43. The van der Waals surface area contributed by atoms with Gasteiger partial charge >= 0.3 is 6.09 Å². The molecule has 2 aliphatic heterocycles. The molecule has 4 atom stereocenters. The van der Waals surface area contributed by atoms with E-state index in [2.05, 4.69) is 36.0 Å². The van der Waals surface area contributed by atoms with Crippen LogP contribution in [0.2, 0.25) is 0 Å². The number of rotatable bonds is 2. The molecule has 2 aliphatic rings. The molecule has 22 heavy (non-hydrogen) atoms. The number of hydrogen-bond donors (Lipinski definition) is 2. The molecule has 0 spiro atoms. The molecule has 1 unspecified atom stereocenters. The highest BCUT2D eigenvalue weighted by atomic mass is 79.9. The molecule has 0 bridgehead atoms. The van der Waals surface area contributed by atoms with Crippen LogP contribution in [0.1, 0.15) is 38.1 Å². The summed E-state index contributed by atoms with van der Waals surface area (Å²) in [5.41, 5.74) is 0. The number of nitrogens with one attached hydrogen (secondary N) is 2. The highest BCUT2D eigenvalue weighted by molar-refractivity contribution is 9.10. The van der Waals surface area contributed by atoms with Gasteiger partial charge < -0.3 is 19.9 Å². The van der Waals surface area contributed by atoms with Gasteiger partial charge in [0.25, 0.3) is 0 Å². The van der Waals surface area contributed by atoms with E-state index < -0.39 is 12.1 Å². The van der Waals surface area contributed by atoms with Gasteiger partial charge in [0.15, 0.2) is 0 Å². The van der Waals surface area contributed by atoms with Gasteiger partial charge in [0.1, 0.15) is 16.5 Å². The summed E-state index contributed by atoms with van der Waals surface area (Å²) in [6, 6.07) is -0.381. The van der Waals surface area contributed by atoms with E-state index >= 15 is 0 Å². The summed E-state index contributed by atoms with van der Waals surface area (Å²) in [6.07, 6.45) is 3.85. The first-order chi connectivity index (χ1) is 10.5. The Hall–Kier alpha value is -1.57. The third-order valence-electron chi connectivity index (χ3n) is 4.57. The lowest BCUT2D eigenvalue weighted by Crippen LogP contribution is -2.58. The van der Waals surface area contributed by atoms with Gasteiger partial charge in [-0.05, 0) is 41.1 Å². The van der Waals surface area contributed by atoms with Crippen LogP contribution in [0.5, 0.6) is 0 Å². The summed E-state index contributed by atoms with van der Waals surface area (Å²) in [6.45, 7) is 1.99. The quantitative estimate of drug-likeness (QED) is 0.832. The topological polar surface area (TPSA) is 87.3 Å². The Labute approximate surface area is 136 Å². The fraction of sp³-hybridized carbons (Fsp3) is 0.643. The predicted molar refractivity (Wildman–Crippen MR) is 82.0 cm³/mol. The minimum absolute atomic E-state index is 0.0517. The van der Waals surface area contributed by atoms with Crippen molar-refractivity contribution in [1.29, 1.82) is 0 Å². The average Bonchev–Trinajstić information content (AvgIpc) is 3.09. The third-order valence-corrected chi connectivity index (χ3v) is 4.98.